The molecule has 0 aliphatic carbocycles. The van der Waals surface area contributed by atoms with E-state index < -0.39 is 0 Å². The number of aromatic amines is 1. The molecule has 4 aromatic rings. The summed E-state index contributed by atoms with van der Waals surface area (Å²) in [5.74, 6) is 0.438. The molecule has 3 aromatic carbocycles. The highest BCUT2D eigenvalue weighted by molar-refractivity contribution is 9.09. The van der Waals surface area contributed by atoms with E-state index >= 15 is 0 Å². The predicted molar refractivity (Wildman–Crippen MR) is 150 cm³/mol. The summed E-state index contributed by atoms with van der Waals surface area (Å²) < 4.78 is 5.99. The van der Waals surface area contributed by atoms with E-state index in [1.807, 2.05) is 61.6 Å². The van der Waals surface area contributed by atoms with Crippen LogP contribution < -0.4 is 15.4 Å². The third kappa shape index (κ3) is 4.22. The van der Waals surface area contributed by atoms with E-state index in [2.05, 4.69) is 25.8 Å². The quantitative estimate of drug-likeness (QED) is 0.277. The van der Waals surface area contributed by atoms with Crippen LogP contribution >= 0.6 is 15.9 Å². The number of nitrogen functional groups attached to an aromatic ring is 1. The topological polar surface area (TPSA) is 94.9 Å². The Morgan fingerprint density at radius 2 is 1.81 bits per heavy atom. The van der Waals surface area contributed by atoms with Gasteiger partial charge in [0.15, 0.2) is 0 Å². The number of hydrogen-bond acceptors (Lipinski definition) is 5. The standard InChI is InChI=1S/C28H28BrN5O3/c1-32-8-10-33(11-9-32)28(36)37-25-14-24-26(21-5-3-2-4-20(21)25)18(15-29)16-34(24)27(35)23-13-17-12-19(30)6-7-22(17)31-23/h2-7,12-14,18,31H,8-11,15-16,30H2,1H3/t18-/m1/s1. The average Bonchev–Trinajstić information content (AvgIpc) is 3.50. The number of alkyl halides is 1. The number of H-pyrrole nitrogens is 1. The van der Waals surface area contributed by atoms with Crippen LogP contribution in [0.1, 0.15) is 22.0 Å². The average molecular weight is 562 g/mol. The van der Waals surface area contributed by atoms with Gasteiger partial charge in [0.1, 0.15) is 11.4 Å². The van der Waals surface area contributed by atoms with Crippen LogP contribution in [0.25, 0.3) is 21.7 Å². The highest BCUT2D eigenvalue weighted by Crippen LogP contribution is 2.46. The van der Waals surface area contributed by atoms with E-state index in [1.54, 1.807) is 9.80 Å². The SMILES string of the molecule is CN1CCN(C(=O)Oc2cc3c(c4ccccc24)[C@H](CBr)CN3C(=O)c2cc3cc(N)ccc3[nH]2)CC1. The first-order chi connectivity index (χ1) is 17.9. The maximum atomic E-state index is 13.8. The second kappa shape index (κ2) is 9.39. The van der Waals surface area contributed by atoms with Gasteiger partial charge >= 0.3 is 6.09 Å². The molecule has 3 N–H and O–H groups in total. The lowest BCUT2D eigenvalue weighted by molar-refractivity contribution is 0.0984. The number of aromatic nitrogens is 1. The van der Waals surface area contributed by atoms with Crippen LogP contribution in [0.5, 0.6) is 5.75 Å². The van der Waals surface area contributed by atoms with E-state index in [4.69, 9.17) is 10.5 Å². The van der Waals surface area contributed by atoms with Crippen LogP contribution in [0.15, 0.2) is 54.6 Å². The highest BCUT2D eigenvalue weighted by atomic mass is 79.9. The monoisotopic (exact) mass is 561 g/mol. The van der Waals surface area contributed by atoms with Gasteiger partial charge in [0.05, 0.1) is 5.69 Å². The molecule has 8 nitrogen and oxygen atoms in total. The van der Waals surface area contributed by atoms with Gasteiger partial charge in [0.25, 0.3) is 5.91 Å². The maximum absolute atomic E-state index is 13.8. The number of nitrogens with zero attached hydrogens (tertiary/aromatic N) is 3. The van der Waals surface area contributed by atoms with Crippen molar-refractivity contribution >= 4 is 61.0 Å². The fourth-order valence-electron chi connectivity index (χ4n) is 5.37. The lowest BCUT2D eigenvalue weighted by atomic mass is 9.95. The molecule has 37 heavy (non-hydrogen) atoms. The molecule has 6 rings (SSSR count). The summed E-state index contributed by atoms with van der Waals surface area (Å²) in [4.78, 5) is 35.8. The molecule has 0 unspecified atom stereocenters. The Morgan fingerprint density at radius 1 is 1.05 bits per heavy atom. The largest absolute Gasteiger partial charge is 0.415 e. The summed E-state index contributed by atoms with van der Waals surface area (Å²) in [5.41, 5.74) is 9.79. The molecule has 1 aromatic heterocycles. The molecule has 0 bridgehead atoms. The zero-order valence-electron chi connectivity index (χ0n) is 20.5. The number of carbonyl (C=O) groups is 2. The Morgan fingerprint density at radius 3 is 2.57 bits per heavy atom. The minimum absolute atomic E-state index is 0.103. The molecule has 0 radical (unpaired) electrons. The molecule has 9 heteroatoms. The van der Waals surface area contributed by atoms with Gasteiger partial charge in [-0.2, -0.15) is 0 Å². The number of halogens is 1. The number of nitrogens with one attached hydrogen (secondary N) is 1. The number of benzene rings is 3. The van der Waals surface area contributed by atoms with E-state index in [9.17, 15) is 9.59 Å². The highest BCUT2D eigenvalue weighted by Gasteiger charge is 2.36. The van der Waals surface area contributed by atoms with Gasteiger partial charge in [-0.15, -0.1) is 0 Å². The van der Waals surface area contributed by atoms with Gasteiger partial charge in [-0.05, 0) is 42.3 Å². The third-order valence-electron chi connectivity index (χ3n) is 7.39. The first-order valence-corrected chi connectivity index (χ1v) is 13.5. The van der Waals surface area contributed by atoms with Crippen molar-refractivity contribution in [2.75, 3.05) is 55.7 Å². The number of nitrogens with two attached hydrogens (primary N) is 1. The Hall–Kier alpha value is -3.56. The van der Waals surface area contributed by atoms with Gasteiger partial charge in [-0.3, -0.25) is 4.79 Å². The van der Waals surface area contributed by atoms with Gasteiger partial charge < -0.3 is 30.2 Å². The summed E-state index contributed by atoms with van der Waals surface area (Å²) in [6.45, 7) is 3.40. The van der Waals surface area contributed by atoms with Crippen LogP contribution in [0, 0.1) is 0 Å². The smallest absolute Gasteiger partial charge is 0.409 e. The molecule has 1 saturated heterocycles. The third-order valence-corrected chi connectivity index (χ3v) is 8.18. The molecule has 3 heterocycles. The van der Waals surface area contributed by atoms with Crippen molar-refractivity contribution in [3.63, 3.8) is 0 Å². The maximum Gasteiger partial charge on any atom is 0.415 e. The van der Waals surface area contributed by atoms with Crippen LogP contribution in [-0.2, 0) is 0 Å². The van der Waals surface area contributed by atoms with Crippen molar-refractivity contribution in [2.45, 2.75) is 5.92 Å². The van der Waals surface area contributed by atoms with Crippen LogP contribution in [0.3, 0.4) is 0 Å². The fraction of sp³-hybridized carbons (Fsp3) is 0.286. The lowest BCUT2D eigenvalue weighted by Gasteiger charge is -2.31. The zero-order chi connectivity index (χ0) is 25.7. The number of carbonyl (C=O) groups excluding carboxylic acids is 2. The minimum atomic E-state index is -0.362. The summed E-state index contributed by atoms with van der Waals surface area (Å²) >= 11 is 3.66. The molecule has 1 atom stereocenters. The van der Waals surface area contributed by atoms with Gasteiger partial charge in [-0.1, -0.05) is 40.2 Å². The van der Waals surface area contributed by atoms with Gasteiger partial charge in [0, 0.05) is 72.0 Å². The number of anilines is 2. The van der Waals surface area contributed by atoms with Crippen molar-refractivity contribution in [3.05, 3.63) is 65.9 Å². The molecule has 190 valence electrons. The van der Waals surface area contributed by atoms with Crippen molar-refractivity contribution in [1.82, 2.24) is 14.8 Å². The minimum Gasteiger partial charge on any atom is -0.409 e. The van der Waals surface area contributed by atoms with E-state index in [0.717, 1.165) is 46.0 Å². The van der Waals surface area contributed by atoms with Crippen LogP contribution in [0.4, 0.5) is 16.2 Å². The summed E-state index contributed by atoms with van der Waals surface area (Å²) in [6, 6.07) is 17.2. The summed E-state index contributed by atoms with van der Waals surface area (Å²) in [6.07, 6.45) is -0.362. The van der Waals surface area contributed by atoms with Gasteiger partial charge in [-0.25, -0.2) is 4.79 Å². The van der Waals surface area contributed by atoms with Crippen LogP contribution in [-0.4, -0.2) is 71.9 Å². The van der Waals surface area contributed by atoms with Crippen molar-refractivity contribution < 1.29 is 14.3 Å². The number of ether oxygens (including phenoxy) is 1. The van der Waals surface area contributed by atoms with Crippen LogP contribution in [0.2, 0.25) is 0 Å². The second-order valence-electron chi connectivity index (χ2n) is 9.81. The predicted octanol–water partition coefficient (Wildman–Crippen LogP) is 4.79. The number of rotatable bonds is 3. The summed E-state index contributed by atoms with van der Waals surface area (Å²) in [7, 11) is 2.05. The Balaban J connectivity index is 1.40. The molecule has 0 saturated carbocycles. The number of piperazine rings is 1. The molecule has 1 fully saturated rings. The number of hydrogen-bond donors (Lipinski definition) is 2. The van der Waals surface area contributed by atoms with Crippen molar-refractivity contribution in [2.24, 2.45) is 0 Å². The number of fused-ring (bicyclic) bond motifs is 4. The molecule has 2 amide bonds. The molecule has 0 spiro atoms. The summed E-state index contributed by atoms with van der Waals surface area (Å²) in [5, 5.41) is 3.45. The first-order valence-electron chi connectivity index (χ1n) is 12.4. The van der Waals surface area contributed by atoms with E-state index in [0.29, 0.717) is 42.1 Å². The zero-order valence-corrected chi connectivity index (χ0v) is 22.1. The Bertz CT molecular complexity index is 1530. The molecular formula is C28H28BrN5O3. The van der Waals surface area contributed by atoms with Gasteiger partial charge in [0.2, 0.25) is 0 Å². The second-order valence-corrected chi connectivity index (χ2v) is 10.5. The van der Waals surface area contributed by atoms with Crippen molar-refractivity contribution in [1.29, 1.82) is 0 Å². The molecule has 2 aliphatic heterocycles. The van der Waals surface area contributed by atoms with E-state index in [1.165, 1.54) is 0 Å². The molecule has 2 aliphatic rings. The normalized spacial score (nSPS) is 17.9. The van der Waals surface area contributed by atoms with E-state index in [-0.39, 0.29) is 17.9 Å². The first kappa shape index (κ1) is 23.8. The Labute approximate surface area is 223 Å². The Kier molecular flexibility index (Phi) is 6.04. The lowest BCUT2D eigenvalue weighted by Crippen LogP contribution is -2.48. The fourth-order valence-corrected chi connectivity index (χ4v) is 5.90. The van der Waals surface area contributed by atoms with Crippen molar-refractivity contribution in [3.8, 4) is 5.75 Å². The number of likely N-dealkylation sites (N-methyl/N-ethyl adjacent to an activating group) is 1. The number of amides is 2. The molecular weight excluding hydrogens is 534 g/mol.